The average molecular weight is 426 g/mol. The molecule has 0 aliphatic carbocycles. The fraction of sp³-hybridized carbons (Fsp3) is 0. The van der Waals surface area contributed by atoms with Gasteiger partial charge in [0.2, 0.25) is 5.89 Å². The Balaban J connectivity index is 1.50. The Morgan fingerprint density at radius 3 is 2.53 bits per heavy atom. The number of rotatable bonds is 1. The van der Waals surface area contributed by atoms with Crippen LogP contribution in [0.2, 0.25) is 5.02 Å². The van der Waals surface area contributed by atoms with E-state index in [1.54, 1.807) is 11.3 Å². The van der Waals surface area contributed by atoms with Gasteiger partial charge in [-0.2, -0.15) is 0 Å². The van der Waals surface area contributed by atoms with E-state index in [9.17, 15) is 0 Å². The van der Waals surface area contributed by atoms with Crippen molar-refractivity contribution in [1.29, 1.82) is 0 Å². The minimum atomic E-state index is 0.622. The lowest BCUT2D eigenvalue weighted by Crippen LogP contribution is -1.77. The summed E-state index contributed by atoms with van der Waals surface area (Å²) in [6.45, 7) is 0. The molecule has 5 heteroatoms. The van der Waals surface area contributed by atoms with Gasteiger partial charge in [0, 0.05) is 42.0 Å². The molecule has 7 aromatic rings. The van der Waals surface area contributed by atoms with Crippen LogP contribution in [-0.2, 0) is 0 Å². The maximum absolute atomic E-state index is 6.20. The van der Waals surface area contributed by atoms with Gasteiger partial charge in [-0.3, -0.25) is 0 Å². The van der Waals surface area contributed by atoms with Crippen molar-refractivity contribution < 1.29 is 8.83 Å². The number of oxazole rings is 1. The summed E-state index contributed by atoms with van der Waals surface area (Å²) in [5.41, 5.74) is 4.09. The molecule has 3 heterocycles. The molecule has 30 heavy (non-hydrogen) atoms. The topological polar surface area (TPSA) is 39.2 Å². The maximum atomic E-state index is 6.20. The summed E-state index contributed by atoms with van der Waals surface area (Å²) in [6, 6.07) is 24.3. The molecular weight excluding hydrogens is 414 g/mol. The van der Waals surface area contributed by atoms with E-state index in [1.165, 1.54) is 20.2 Å². The van der Waals surface area contributed by atoms with Crippen LogP contribution in [-0.4, -0.2) is 4.98 Å². The first-order valence-corrected chi connectivity index (χ1v) is 10.8. The summed E-state index contributed by atoms with van der Waals surface area (Å²) in [7, 11) is 0. The molecule has 0 saturated carbocycles. The summed E-state index contributed by atoms with van der Waals surface area (Å²) in [4.78, 5) is 4.83. The number of thiophene rings is 1. The van der Waals surface area contributed by atoms with E-state index in [2.05, 4.69) is 42.5 Å². The number of fused-ring (bicyclic) bond motifs is 7. The first kappa shape index (κ1) is 16.5. The van der Waals surface area contributed by atoms with E-state index < -0.39 is 0 Å². The average Bonchev–Trinajstić information content (AvgIpc) is 3.44. The van der Waals surface area contributed by atoms with Gasteiger partial charge in [0.05, 0.1) is 5.56 Å². The molecule has 0 radical (unpaired) electrons. The van der Waals surface area contributed by atoms with Crippen LogP contribution in [0.15, 0.2) is 81.6 Å². The minimum absolute atomic E-state index is 0.622. The van der Waals surface area contributed by atoms with Crippen molar-refractivity contribution in [3.63, 3.8) is 0 Å². The molecule has 142 valence electrons. The highest BCUT2D eigenvalue weighted by Gasteiger charge is 2.17. The van der Waals surface area contributed by atoms with E-state index in [0.717, 1.165) is 33.0 Å². The van der Waals surface area contributed by atoms with Crippen molar-refractivity contribution >= 4 is 76.1 Å². The van der Waals surface area contributed by atoms with Crippen molar-refractivity contribution in [3.8, 4) is 11.5 Å². The lowest BCUT2D eigenvalue weighted by molar-refractivity contribution is 0.618. The summed E-state index contributed by atoms with van der Waals surface area (Å²) in [5, 5.41) is 5.14. The van der Waals surface area contributed by atoms with Crippen LogP contribution >= 0.6 is 22.9 Å². The summed E-state index contributed by atoms with van der Waals surface area (Å²) < 4.78 is 14.6. The molecule has 0 N–H and O–H groups in total. The van der Waals surface area contributed by atoms with E-state index in [4.69, 9.17) is 25.4 Å². The molecule has 0 unspecified atom stereocenters. The third-order valence-electron chi connectivity index (χ3n) is 5.58. The monoisotopic (exact) mass is 425 g/mol. The zero-order valence-electron chi connectivity index (χ0n) is 15.5. The summed E-state index contributed by atoms with van der Waals surface area (Å²) in [5.74, 6) is 0.622. The van der Waals surface area contributed by atoms with Crippen LogP contribution in [0.1, 0.15) is 0 Å². The number of benzene rings is 4. The first-order valence-electron chi connectivity index (χ1n) is 9.58. The van der Waals surface area contributed by atoms with Crippen molar-refractivity contribution in [3.05, 3.63) is 77.8 Å². The van der Waals surface area contributed by atoms with E-state index in [0.29, 0.717) is 16.5 Å². The highest BCUT2D eigenvalue weighted by Crippen LogP contribution is 2.41. The lowest BCUT2D eigenvalue weighted by Gasteiger charge is -1.97. The fourth-order valence-electron chi connectivity index (χ4n) is 4.20. The zero-order valence-corrected chi connectivity index (χ0v) is 17.1. The van der Waals surface area contributed by atoms with Crippen LogP contribution in [0.5, 0.6) is 0 Å². The van der Waals surface area contributed by atoms with Gasteiger partial charge in [-0.05, 0) is 36.4 Å². The third-order valence-corrected chi connectivity index (χ3v) is 7.03. The predicted octanol–water partition coefficient (Wildman–Crippen LogP) is 8.42. The van der Waals surface area contributed by atoms with Gasteiger partial charge in [0.15, 0.2) is 5.58 Å². The zero-order chi connectivity index (χ0) is 19.8. The van der Waals surface area contributed by atoms with Gasteiger partial charge in [0.25, 0.3) is 0 Å². The molecule has 0 bridgehead atoms. The molecule has 3 aromatic heterocycles. The van der Waals surface area contributed by atoms with E-state index in [1.807, 2.05) is 30.3 Å². The summed E-state index contributed by atoms with van der Waals surface area (Å²) in [6.07, 6.45) is 0. The molecule has 0 amide bonds. The summed E-state index contributed by atoms with van der Waals surface area (Å²) >= 11 is 7.96. The number of hydrogen-bond acceptors (Lipinski definition) is 4. The van der Waals surface area contributed by atoms with Gasteiger partial charge in [0.1, 0.15) is 16.7 Å². The third kappa shape index (κ3) is 2.23. The van der Waals surface area contributed by atoms with Crippen molar-refractivity contribution in [2.75, 3.05) is 0 Å². The molecular formula is C25H12ClNO2S. The minimum Gasteiger partial charge on any atom is -0.456 e. The standard InChI is InChI=1S/C25H12ClNO2S/c26-13-8-9-20-17(10-13)18-11-19-22(12-21(18)28-20)29-25(27-19)16-6-3-5-15-14-4-1-2-7-23(14)30-24(15)16/h1-12H. The Morgan fingerprint density at radius 2 is 1.57 bits per heavy atom. The van der Waals surface area contributed by atoms with Crippen molar-refractivity contribution in [1.82, 2.24) is 4.98 Å². The Kier molecular flexibility index (Phi) is 3.21. The molecule has 0 spiro atoms. The second-order valence-corrected chi connectivity index (χ2v) is 8.85. The van der Waals surface area contributed by atoms with Crippen LogP contribution in [0.4, 0.5) is 0 Å². The molecule has 0 aliphatic heterocycles. The normalized spacial score (nSPS) is 12.2. The molecule has 3 nitrogen and oxygen atoms in total. The van der Waals surface area contributed by atoms with Crippen molar-refractivity contribution in [2.24, 2.45) is 0 Å². The lowest BCUT2D eigenvalue weighted by atomic mass is 10.1. The van der Waals surface area contributed by atoms with Crippen LogP contribution in [0, 0.1) is 0 Å². The highest BCUT2D eigenvalue weighted by atomic mass is 35.5. The second kappa shape index (κ2) is 5.85. The quantitative estimate of drug-likeness (QED) is 0.265. The molecule has 7 rings (SSSR count). The largest absolute Gasteiger partial charge is 0.456 e. The molecule has 0 fully saturated rings. The Hall–Kier alpha value is -3.34. The van der Waals surface area contributed by atoms with Gasteiger partial charge < -0.3 is 8.83 Å². The van der Waals surface area contributed by atoms with Gasteiger partial charge in [-0.1, -0.05) is 41.9 Å². The van der Waals surface area contributed by atoms with Crippen LogP contribution < -0.4 is 0 Å². The first-order chi connectivity index (χ1) is 14.7. The van der Waals surface area contributed by atoms with Gasteiger partial charge in [-0.25, -0.2) is 4.98 Å². The molecule has 4 aromatic carbocycles. The molecule has 0 saturated heterocycles. The Labute approximate surface area is 179 Å². The molecule has 0 aliphatic rings. The smallest absolute Gasteiger partial charge is 0.228 e. The number of furan rings is 1. The number of aromatic nitrogens is 1. The van der Waals surface area contributed by atoms with Gasteiger partial charge in [-0.15, -0.1) is 11.3 Å². The van der Waals surface area contributed by atoms with E-state index in [-0.39, 0.29) is 0 Å². The molecule has 0 atom stereocenters. The van der Waals surface area contributed by atoms with Gasteiger partial charge >= 0.3 is 0 Å². The Morgan fingerprint density at radius 1 is 0.700 bits per heavy atom. The Bertz CT molecular complexity index is 1770. The maximum Gasteiger partial charge on any atom is 0.228 e. The van der Waals surface area contributed by atoms with E-state index >= 15 is 0 Å². The van der Waals surface area contributed by atoms with Crippen molar-refractivity contribution in [2.45, 2.75) is 0 Å². The van der Waals surface area contributed by atoms with Crippen LogP contribution in [0.3, 0.4) is 0 Å². The highest BCUT2D eigenvalue weighted by molar-refractivity contribution is 7.26. The second-order valence-electron chi connectivity index (χ2n) is 7.36. The number of nitrogens with zero attached hydrogens (tertiary/aromatic N) is 1. The van der Waals surface area contributed by atoms with Crippen LogP contribution in [0.25, 0.3) is 64.7 Å². The fourth-order valence-corrected chi connectivity index (χ4v) is 5.58. The number of hydrogen-bond donors (Lipinski definition) is 0. The number of halogens is 1. The predicted molar refractivity (Wildman–Crippen MR) is 125 cm³/mol. The SMILES string of the molecule is Clc1ccc2oc3cc4oc(-c5cccc6c5sc5ccccc56)nc4cc3c2c1.